The third-order valence-electron chi connectivity index (χ3n) is 1.47. The van der Waals surface area contributed by atoms with Crippen LogP contribution in [0.2, 0.25) is 0 Å². The van der Waals surface area contributed by atoms with Gasteiger partial charge in [0, 0.05) is 12.8 Å². The third kappa shape index (κ3) is 4.47. The summed E-state index contributed by atoms with van der Waals surface area (Å²) in [6.45, 7) is 1.70. The first-order valence-corrected chi connectivity index (χ1v) is 3.51. The maximum Gasteiger partial charge on any atom is 0.162 e. The Bertz CT molecular complexity index is 99.0. The van der Waals surface area contributed by atoms with Crippen LogP contribution in [0.4, 0.5) is 0 Å². The number of rotatable bonds is 5. The summed E-state index contributed by atoms with van der Waals surface area (Å²) in [5, 5.41) is 18.0. The second kappa shape index (κ2) is 4.41. The van der Waals surface area contributed by atoms with E-state index in [9.17, 15) is 4.79 Å². The Hall–Kier alpha value is -0.410. The first-order valence-electron chi connectivity index (χ1n) is 3.51. The van der Waals surface area contributed by atoms with E-state index < -0.39 is 5.79 Å². The van der Waals surface area contributed by atoms with Crippen molar-refractivity contribution >= 4 is 6.29 Å². The monoisotopic (exact) mass is 146 g/mol. The van der Waals surface area contributed by atoms with Gasteiger partial charge in [-0.1, -0.05) is 6.92 Å². The van der Waals surface area contributed by atoms with Crippen LogP contribution in [-0.2, 0) is 4.79 Å². The van der Waals surface area contributed by atoms with Crippen LogP contribution in [0.3, 0.4) is 0 Å². The summed E-state index contributed by atoms with van der Waals surface area (Å²) in [4.78, 5) is 9.82. The molecule has 0 atom stereocenters. The summed E-state index contributed by atoms with van der Waals surface area (Å²) in [6, 6.07) is 0. The molecule has 0 aliphatic carbocycles. The van der Waals surface area contributed by atoms with E-state index in [1.807, 2.05) is 0 Å². The van der Waals surface area contributed by atoms with Crippen LogP contribution in [0.5, 0.6) is 0 Å². The highest BCUT2D eigenvalue weighted by Gasteiger charge is 2.18. The summed E-state index contributed by atoms with van der Waals surface area (Å²) >= 11 is 0. The van der Waals surface area contributed by atoms with Gasteiger partial charge in [-0.2, -0.15) is 0 Å². The fourth-order valence-corrected chi connectivity index (χ4v) is 0.645. The first-order chi connectivity index (χ1) is 4.62. The van der Waals surface area contributed by atoms with Crippen LogP contribution in [0.15, 0.2) is 0 Å². The van der Waals surface area contributed by atoms with Crippen molar-refractivity contribution in [2.45, 2.75) is 38.4 Å². The lowest BCUT2D eigenvalue weighted by Gasteiger charge is -2.18. The number of unbranched alkanes of at least 4 members (excludes halogenated alkanes) is 1. The smallest absolute Gasteiger partial charge is 0.162 e. The van der Waals surface area contributed by atoms with Crippen molar-refractivity contribution in [1.82, 2.24) is 0 Å². The Morgan fingerprint density at radius 2 is 2.10 bits per heavy atom. The molecule has 0 aromatic heterocycles. The molecule has 0 saturated heterocycles. The second-order valence-electron chi connectivity index (χ2n) is 2.39. The summed E-state index contributed by atoms with van der Waals surface area (Å²) in [6.07, 6.45) is 2.33. The predicted molar refractivity (Wildman–Crippen MR) is 37.4 cm³/mol. The molecule has 0 bridgehead atoms. The zero-order chi connectivity index (χ0) is 8.04. The second-order valence-corrected chi connectivity index (χ2v) is 2.39. The highest BCUT2D eigenvalue weighted by Crippen LogP contribution is 2.13. The highest BCUT2D eigenvalue weighted by atomic mass is 16.5. The standard InChI is InChI=1S/C7H14O3/c1-2-7(9,10)5-3-4-6-8/h6,9-10H,2-5H2,1H3. The van der Waals surface area contributed by atoms with Crippen molar-refractivity contribution in [3.8, 4) is 0 Å². The Balaban J connectivity index is 3.36. The van der Waals surface area contributed by atoms with Gasteiger partial charge in [0.05, 0.1) is 0 Å². The zero-order valence-electron chi connectivity index (χ0n) is 6.21. The van der Waals surface area contributed by atoms with Crippen LogP contribution < -0.4 is 0 Å². The van der Waals surface area contributed by atoms with Gasteiger partial charge in [-0.05, 0) is 12.8 Å². The van der Waals surface area contributed by atoms with Gasteiger partial charge in [0.25, 0.3) is 0 Å². The lowest BCUT2D eigenvalue weighted by Crippen LogP contribution is -2.26. The number of carbonyl (C=O) groups is 1. The molecule has 0 aromatic carbocycles. The van der Waals surface area contributed by atoms with Gasteiger partial charge in [0.2, 0.25) is 0 Å². The van der Waals surface area contributed by atoms with Crippen LogP contribution in [0.1, 0.15) is 32.6 Å². The quantitative estimate of drug-likeness (QED) is 0.336. The SMILES string of the molecule is CCC(O)(O)CCCC=O. The van der Waals surface area contributed by atoms with E-state index in [1.165, 1.54) is 0 Å². The number of aldehydes is 1. The van der Waals surface area contributed by atoms with Gasteiger partial charge in [0.15, 0.2) is 5.79 Å². The predicted octanol–water partition coefficient (Wildman–Crippen LogP) is 0.447. The summed E-state index contributed by atoms with van der Waals surface area (Å²) in [7, 11) is 0. The maximum absolute atomic E-state index is 9.82. The van der Waals surface area contributed by atoms with Crippen molar-refractivity contribution < 1.29 is 15.0 Å². The van der Waals surface area contributed by atoms with E-state index in [4.69, 9.17) is 10.2 Å². The zero-order valence-corrected chi connectivity index (χ0v) is 6.21. The molecule has 0 heterocycles. The highest BCUT2D eigenvalue weighted by molar-refractivity contribution is 5.48. The van der Waals surface area contributed by atoms with Gasteiger partial charge in [0.1, 0.15) is 6.29 Å². The first kappa shape index (κ1) is 9.59. The number of aliphatic hydroxyl groups is 2. The average Bonchev–Trinajstić information content (AvgIpc) is 1.89. The van der Waals surface area contributed by atoms with Crippen molar-refractivity contribution in [2.75, 3.05) is 0 Å². The molecule has 0 radical (unpaired) electrons. The molecule has 60 valence electrons. The van der Waals surface area contributed by atoms with Crippen molar-refractivity contribution in [2.24, 2.45) is 0 Å². The number of carbonyl (C=O) groups excluding carboxylic acids is 1. The number of hydrogen-bond donors (Lipinski definition) is 2. The molecule has 0 spiro atoms. The Morgan fingerprint density at radius 3 is 2.50 bits per heavy atom. The van der Waals surface area contributed by atoms with Crippen LogP contribution >= 0.6 is 0 Å². The van der Waals surface area contributed by atoms with Crippen LogP contribution in [0.25, 0.3) is 0 Å². The van der Waals surface area contributed by atoms with E-state index in [0.29, 0.717) is 19.3 Å². The minimum absolute atomic E-state index is 0.280. The lowest BCUT2D eigenvalue weighted by molar-refractivity contribution is -0.167. The van der Waals surface area contributed by atoms with Gasteiger partial charge in [-0.3, -0.25) is 0 Å². The molecule has 10 heavy (non-hydrogen) atoms. The molecule has 0 saturated carbocycles. The van der Waals surface area contributed by atoms with E-state index in [0.717, 1.165) is 6.29 Å². The van der Waals surface area contributed by atoms with E-state index >= 15 is 0 Å². The van der Waals surface area contributed by atoms with E-state index in [-0.39, 0.29) is 6.42 Å². The average molecular weight is 146 g/mol. The van der Waals surface area contributed by atoms with Crippen LogP contribution in [-0.4, -0.2) is 22.3 Å². The molecule has 0 unspecified atom stereocenters. The minimum atomic E-state index is -1.57. The van der Waals surface area contributed by atoms with Gasteiger partial charge in [-0.25, -0.2) is 0 Å². The normalized spacial score (nSPS) is 11.5. The fraction of sp³-hybridized carbons (Fsp3) is 0.857. The molecular formula is C7H14O3. The molecule has 0 aliphatic heterocycles. The van der Waals surface area contributed by atoms with Crippen molar-refractivity contribution in [1.29, 1.82) is 0 Å². The molecule has 0 aromatic rings. The molecule has 2 N–H and O–H groups in total. The molecule has 0 amide bonds. The summed E-state index contributed by atoms with van der Waals surface area (Å²) in [5.41, 5.74) is 0. The van der Waals surface area contributed by atoms with E-state index in [2.05, 4.69) is 0 Å². The summed E-state index contributed by atoms with van der Waals surface area (Å²) < 4.78 is 0. The van der Waals surface area contributed by atoms with Crippen LogP contribution in [0, 0.1) is 0 Å². The maximum atomic E-state index is 9.82. The number of hydrogen-bond acceptors (Lipinski definition) is 3. The molecular weight excluding hydrogens is 132 g/mol. The molecule has 0 aliphatic rings. The molecule has 3 heteroatoms. The Kier molecular flexibility index (Phi) is 4.23. The van der Waals surface area contributed by atoms with Gasteiger partial charge < -0.3 is 15.0 Å². The molecule has 0 rings (SSSR count). The topological polar surface area (TPSA) is 57.5 Å². The largest absolute Gasteiger partial charge is 0.366 e. The molecule has 3 nitrogen and oxygen atoms in total. The fourth-order valence-electron chi connectivity index (χ4n) is 0.645. The Morgan fingerprint density at radius 1 is 1.50 bits per heavy atom. The summed E-state index contributed by atoms with van der Waals surface area (Å²) in [5.74, 6) is -1.57. The third-order valence-corrected chi connectivity index (χ3v) is 1.47. The van der Waals surface area contributed by atoms with Gasteiger partial charge >= 0.3 is 0 Å². The van der Waals surface area contributed by atoms with Crippen molar-refractivity contribution in [3.63, 3.8) is 0 Å². The Labute approximate surface area is 60.7 Å². The van der Waals surface area contributed by atoms with Crippen molar-refractivity contribution in [3.05, 3.63) is 0 Å². The van der Waals surface area contributed by atoms with E-state index in [1.54, 1.807) is 6.92 Å². The minimum Gasteiger partial charge on any atom is -0.366 e. The molecule has 0 fully saturated rings. The lowest BCUT2D eigenvalue weighted by atomic mass is 10.1. The van der Waals surface area contributed by atoms with Gasteiger partial charge in [-0.15, -0.1) is 0 Å².